The summed E-state index contributed by atoms with van der Waals surface area (Å²) in [6.07, 6.45) is 8.46. The Labute approximate surface area is 675 Å². The summed E-state index contributed by atoms with van der Waals surface area (Å²) in [6, 6.07) is 36.9. The molecule has 3 aliphatic heterocycles. The number of hydrogen-bond acceptors (Lipinski definition) is 30. The summed E-state index contributed by atoms with van der Waals surface area (Å²) in [7, 11) is 0. The van der Waals surface area contributed by atoms with Crippen LogP contribution in [-0.4, -0.2) is 166 Å². The van der Waals surface area contributed by atoms with Crippen LogP contribution >= 0.6 is 49.9 Å². The van der Waals surface area contributed by atoms with Gasteiger partial charge in [0.2, 0.25) is 43.0 Å². The molecule has 6 amide bonds. The summed E-state index contributed by atoms with van der Waals surface area (Å²) in [6.45, 7) is 9.42. The molecule has 3 unspecified atom stereocenters. The molecule has 15 rings (SSSR count). The van der Waals surface area contributed by atoms with Gasteiger partial charge >= 0.3 is 6.18 Å². The Kier molecular flexibility index (Phi) is 28.7. The molecular formula is C75H73BrF3N27O6S3. The van der Waals surface area contributed by atoms with Crippen molar-refractivity contribution in [1.82, 2.24) is 112 Å². The van der Waals surface area contributed by atoms with E-state index in [2.05, 4.69) is 154 Å². The van der Waals surface area contributed by atoms with E-state index in [-0.39, 0.29) is 77.9 Å². The third-order valence-electron chi connectivity index (χ3n) is 17.5. The number of carbonyl (C=O) groups excluding carboxylic acids is 6. The number of halogens is 4. The molecule has 40 heteroatoms. The lowest BCUT2D eigenvalue weighted by atomic mass is 10.1. The van der Waals surface area contributed by atoms with Crippen molar-refractivity contribution >= 4 is 113 Å². The van der Waals surface area contributed by atoms with Gasteiger partial charge in [0, 0.05) is 105 Å². The zero-order valence-electron chi connectivity index (χ0n) is 61.6. The first-order chi connectivity index (χ1) is 55.7. The zero-order valence-corrected chi connectivity index (χ0v) is 65.6. The van der Waals surface area contributed by atoms with Crippen LogP contribution in [-0.2, 0) is 59.5 Å². The minimum Gasteiger partial charge on any atom is -0.346 e. The molecule has 3 saturated heterocycles. The number of anilines is 5. The minimum atomic E-state index is -4.44. The van der Waals surface area contributed by atoms with E-state index >= 15 is 0 Å². The first kappa shape index (κ1) is 81.9. The molecule has 12 aromatic heterocycles. The van der Waals surface area contributed by atoms with Gasteiger partial charge in [-0.15, -0.1) is 45.9 Å². The normalized spacial score (nSPS) is 14.8. The summed E-state index contributed by atoms with van der Waals surface area (Å²) >= 11 is 6.61. The van der Waals surface area contributed by atoms with Gasteiger partial charge in [-0.05, 0) is 176 Å². The summed E-state index contributed by atoms with van der Waals surface area (Å²) in [5.41, 5.74) is 7.84. The van der Waals surface area contributed by atoms with Gasteiger partial charge in [-0.1, -0.05) is 52.2 Å². The second kappa shape index (κ2) is 40.3. The van der Waals surface area contributed by atoms with E-state index in [1.54, 1.807) is 61.3 Å². The first-order valence-corrected chi connectivity index (χ1v) is 39.1. The predicted octanol–water partition coefficient (Wildman–Crippen LogP) is 8.84. The molecule has 12 aromatic rings. The lowest BCUT2D eigenvalue weighted by Gasteiger charge is -2.14. The molecule has 3 aliphatic rings. The van der Waals surface area contributed by atoms with Crippen LogP contribution in [0.3, 0.4) is 0 Å². The van der Waals surface area contributed by atoms with Crippen molar-refractivity contribution in [2.75, 3.05) is 65.0 Å². The van der Waals surface area contributed by atoms with Crippen molar-refractivity contribution in [3.8, 4) is 0 Å². The molecule has 0 bridgehead atoms. The van der Waals surface area contributed by atoms with Crippen molar-refractivity contribution in [3.63, 3.8) is 0 Å². The Bertz CT molecular complexity index is 5030. The zero-order chi connectivity index (χ0) is 80.5. The molecule has 0 spiro atoms. The van der Waals surface area contributed by atoms with Crippen molar-refractivity contribution in [3.05, 3.63) is 251 Å². The number of aromatic nitrogens is 18. The minimum absolute atomic E-state index is 0.108. The van der Waals surface area contributed by atoms with Crippen LogP contribution in [0.2, 0.25) is 0 Å². The Morgan fingerprint density at radius 1 is 0.435 bits per heavy atom. The van der Waals surface area contributed by atoms with Crippen LogP contribution in [0.4, 0.5) is 40.9 Å². The molecular weight excluding hydrogens is 1610 g/mol. The standard InChI is InChI=1S/2C25H25N9O2S.C15H17N5O.C10H6BrF3N4OS/c2*1-16-7-10-27-19(12-16)14-28-23(36)24-32-33-25(37-24)34-11-8-17(15-34)20-5-6-21(31-30-20)29-22(35)13-18-4-2-3-9-26-18;21-15(9-12-3-1-2-7-17-12)18-14-5-4-13(19-20-14)11-6-8-16-10-11;11-9-18-17-8(20-9)7(19)16-4-6-3-5(1-2-15-6)10(12,13)14/h2*2-7,9-10,12,17H,8,11,13-15H2,1H3,(H,28,36)(H,29,31,35);1-5,7,11,16H,6,8-10H2,(H,18,20,21);1-3H,4H2,(H,16,19). The molecule has 590 valence electrons. The second-order valence-corrected chi connectivity index (χ2v) is 30.3. The van der Waals surface area contributed by atoms with Crippen LogP contribution in [0.25, 0.3) is 0 Å². The smallest absolute Gasteiger partial charge is 0.346 e. The summed E-state index contributed by atoms with van der Waals surface area (Å²) < 4.78 is 37.9. The number of aryl methyl sites for hydroxylation is 2. The second-order valence-electron chi connectivity index (χ2n) is 26.1. The number of pyridine rings is 6. The Morgan fingerprint density at radius 3 is 1.18 bits per heavy atom. The van der Waals surface area contributed by atoms with E-state index in [9.17, 15) is 41.9 Å². The Balaban J connectivity index is 0.000000147. The van der Waals surface area contributed by atoms with E-state index in [1.165, 1.54) is 22.7 Å². The van der Waals surface area contributed by atoms with E-state index in [0.29, 0.717) is 85.1 Å². The third kappa shape index (κ3) is 25.0. The molecule has 0 radical (unpaired) electrons. The number of nitrogens with one attached hydrogen (secondary N) is 7. The highest BCUT2D eigenvalue weighted by Crippen LogP contribution is 2.34. The molecule has 33 nitrogen and oxygen atoms in total. The topological polar surface area (TPSA) is 425 Å². The first-order valence-electron chi connectivity index (χ1n) is 35.9. The van der Waals surface area contributed by atoms with E-state index in [1.807, 2.05) is 98.8 Å². The third-order valence-corrected chi connectivity index (χ3v) is 20.8. The van der Waals surface area contributed by atoms with E-state index in [0.717, 1.165) is 120 Å². The maximum absolute atomic E-state index is 12.5. The number of hydrogen-bond donors (Lipinski definition) is 7. The maximum Gasteiger partial charge on any atom is 0.416 e. The van der Waals surface area contributed by atoms with Gasteiger partial charge in [0.15, 0.2) is 21.4 Å². The molecule has 0 saturated carbocycles. The van der Waals surface area contributed by atoms with Crippen LogP contribution < -0.4 is 47.0 Å². The van der Waals surface area contributed by atoms with Crippen molar-refractivity contribution in [2.24, 2.45) is 0 Å². The summed E-state index contributed by atoms with van der Waals surface area (Å²) in [4.78, 5) is 102. The molecule has 7 N–H and O–H groups in total. The highest BCUT2D eigenvalue weighted by molar-refractivity contribution is 9.11. The number of rotatable bonds is 23. The number of alkyl halides is 3. The van der Waals surface area contributed by atoms with Crippen LogP contribution in [0.15, 0.2) is 168 Å². The lowest BCUT2D eigenvalue weighted by molar-refractivity contribution is -0.137. The van der Waals surface area contributed by atoms with Gasteiger partial charge in [-0.25, -0.2) is 0 Å². The average Bonchev–Trinajstić information content (AvgIpc) is 1.62. The maximum atomic E-state index is 12.5. The molecule has 3 atom stereocenters. The van der Waals surface area contributed by atoms with Gasteiger partial charge < -0.3 is 47.0 Å². The number of carbonyl (C=O) groups is 6. The van der Waals surface area contributed by atoms with Crippen molar-refractivity contribution < 1.29 is 41.9 Å². The van der Waals surface area contributed by atoms with Crippen LogP contribution in [0.1, 0.15) is 134 Å². The number of nitrogens with zero attached hydrogens (tertiary/aromatic N) is 20. The fraction of sp³-hybridized carbons (Fsp3) is 0.280. The number of amides is 6. The molecule has 0 aliphatic carbocycles. The highest BCUT2D eigenvalue weighted by Gasteiger charge is 2.33. The van der Waals surface area contributed by atoms with Gasteiger partial charge in [0.1, 0.15) is 0 Å². The highest BCUT2D eigenvalue weighted by atomic mass is 79.9. The van der Waals surface area contributed by atoms with Gasteiger partial charge in [-0.2, -0.15) is 28.5 Å². The Hall–Kier alpha value is -12.5. The largest absolute Gasteiger partial charge is 0.416 e. The monoisotopic (exact) mass is 1680 g/mol. The van der Waals surface area contributed by atoms with Gasteiger partial charge in [-0.3, -0.25) is 58.7 Å². The lowest BCUT2D eigenvalue weighted by Crippen LogP contribution is -2.23. The van der Waals surface area contributed by atoms with Crippen molar-refractivity contribution in [2.45, 2.75) is 95.9 Å². The molecule has 115 heavy (non-hydrogen) atoms. The summed E-state index contributed by atoms with van der Waals surface area (Å²) in [5.74, 6) is 0.452. The van der Waals surface area contributed by atoms with E-state index < -0.39 is 17.6 Å². The fourth-order valence-corrected chi connectivity index (χ4v) is 14.4. The molecule has 0 aromatic carbocycles. The molecule has 15 heterocycles. The average molecular weight is 1680 g/mol. The van der Waals surface area contributed by atoms with Crippen LogP contribution in [0, 0.1) is 13.8 Å². The van der Waals surface area contributed by atoms with E-state index in [4.69, 9.17) is 0 Å². The predicted molar refractivity (Wildman–Crippen MR) is 423 cm³/mol. The molecule has 3 fully saturated rings. The summed E-state index contributed by atoms with van der Waals surface area (Å²) in [5, 5.41) is 70.9. The van der Waals surface area contributed by atoms with Gasteiger partial charge in [0.05, 0.1) is 78.6 Å². The Morgan fingerprint density at radius 2 is 0.826 bits per heavy atom. The quantitative estimate of drug-likeness (QED) is 0.0314. The van der Waals surface area contributed by atoms with Gasteiger partial charge in [0.25, 0.3) is 17.7 Å². The fourth-order valence-electron chi connectivity index (χ4n) is 11.8. The van der Waals surface area contributed by atoms with Crippen LogP contribution in [0.5, 0.6) is 0 Å². The SMILES string of the molecule is Cc1ccnc(CNC(=O)c2nnc(N3CCC(c4ccc(NC(=O)Cc5ccccn5)nn4)C3)s2)c1.Cc1ccnc(CNC(=O)c2nnc(N3CCC(c4ccc(NC(=O)Cc5ccccn5)nn4)C3)s2)c1.O=C(Cc1ccccn1)Nc1ccc(C2CCNC2)nn1.O=C(NCc1cc(C(F)(F)F)ccn1)c1nnc(Br)s1. The van der Waals surface area contributed by atoms with Crippen molar-refractivity contribution in [1.29, 1.82) is 0 Å².